The quantitative estimate of drug-likeness (QED) is 0.536. The van der Waals surface area contributed by atoms with E-state index in [0.717, 1.165) is 23.3 Å². The SMILES string of the molecule is CSCC[C@@H]1OC[C@H](COCc2ccccc2)N1C(=O)[C@@H]1O[C@H]1c1ccc(Cl)cc1. The second-order valence-corrected chi connectivity index (χ2v) is 8.92. The summed E-state index contributed by atoms with van der Waals surface area (Å²) >= 11 is 7.72. The molecule has 2 aromatic rings. The molecule has 0 N–H and O–H groups in total. The van der Waals surface area contributed by atoms with Gasteiger partial charge in [-0.3, -0.25) is 4.79 Å². The van der Waals surface area contributed by atoms with Crippen LogP contribution in [0.2, 0.25) is 5.02 Å². The first-order valence-electron chi connectivity index (χ1n) is 10.1. The van der Waals surface area contributed by atoms with Crippen LogP contribution in [0.5, 0.6) is 0 Å². The van der Waals surface area contributed by atoms with Crippen LogP contribution in [0.3, 0.4) is 0 Å². The zero-order valence-electron chi connectivity index (χ0n) is 16.9. The van der Waals surface area contributed by atoms with E-state index in [1.807, 2.05) is 59.5 Å². The van der Waals surface area contributed by atoms with Crippen LogP contribution in [0.25, 0.3) is 0 Å². The molecule has 0 unspecified atom stereocenters. The van der Waals surface area contributed by atoms with Crippen LogP contribution in [-0.4, -0.2) is 54.4 Å². The molecule has 1 amide bonds. The summed E-state index contributed by atoms with van der Waals surface area (Å²) in [7, 11) is 0. The number of hydrogen-bond acceptors (Lipinski definition) is 5. The van der Waals surface area contributed by atoms with Gasteiger partial charge in [0.25, 0.3) is 5.91 Å². The van der Waals surface area contributed by atoms with Gasteiger partial charge in [0.1, 0.15) is 12.3 Å². The van der Waals surface area contributed by atoms with Crippen molar-refractivity contribution in [2.45, 2.75) is 37.5 Å². The van der Waals surface area contributed by atoms with E-state index >= 15 is 0 Å². The summed E-state index contributed by atoms with van der Waals surface area (Å²) in [6.07, 6.45) is 1.93. The molecule has 5 nitrogen and oxygen atoms in total. The van der Waals surface area contributed by atoms with Crippen molar-refractivity contribution in [1.29, 1.82) is 0 Å². The number of carbonyl (C=O) groups excluding carboxylic acids is 1. The summed E-state index contributed by atoms with van der Waals surface area (Å²) in [4.78, 5) is 15.2. The van der Waals surface area contributed by atoms with Crippen LogP contribution in [0.1, 0.15) is 23.7 Å². The summed E-state index contributed by atoms with van der Waals surface area (Å²) < 4.78 is 17.7. The molecule has 2 aliphatic heterocycles. The third-order valence-electron chi connectivity index (χ3n) is 5.36. The first-order valence-corrected chi connectivity index (χ1v) is 11.9. The molecular weight excluding hydrogens is 422 g/mol. The minimum Gasteiger partial charge on any atom is -0.375 e. The lowest BCUT2D eigenvalue weighted by molar-refractivity contribution is -0.140. The Bertz CT molecular complexity index is 835. The van der Waals surface area contributed by atoms with Crippen molar-refractivity contribution in [2.75, 3.05) is 25.2 Å². The van der Waals surface area contributed by atoms with Gasteiger partial charge in [-0.15, -0.1) is 0 Å². The number of ether oxygens (including phenoxy) is 3. The topological polar surface area (TPSA) is 51.3 Å². The van der Waals surface area contributed by atoms with Gasteiger partial charge in [0, 0.05) is 11.4 Å². The van der Waals surface area contributed by atoms with Crippen LogP contribution in [0, 0.1) is 0 Å². The minimum absolute atomic E-state index is 0.0214. The van der Waals surface area contributed by atoms with Gasteiger partial charge in [-0.2, -0.15) is 11.8 Å². The molecule has 0 aromatic heterocycles. The first-order chi connectivity index (χ1) is 14.7. The van der Waals surface area contributed by atoms with Crippen molar-refractivity contribution in [2.24, 2.45) is 0 Å². The van der Waals surface area contributed by atoms with Crippen molar-refractivity contribution < 1.29 is 19.0 Å². The summed E-state index contributed by atoms with van der Waals surface area (Å²) in [6, 6.07) is 17.4. The molecule has 0 saturated carbocycles. The minimum atomic E-state index is -0.471. The van der Waals surface area contributed by atoms with Gasteiger partial charge in [0.15, 0.2) is 6.10 Å². The average Bonchev–Trinajstić information content (AvgIpc) is 3.47. The third-order valence-corrected chi connectivity index (χ3v) is 6.26. The zero-order chi connectivity index (χ0) is 20.9. The largest absolute Gasteiger partial charge is 0.375 e. The van der Waals surface area contributed by atoms with E-state index in [1.54, 1.807) is 11.8 Å². The normalized spacial score (nSPS) is 25.5. The fourth-order valence-corrected chi connectivity index (χ4v) is 4.31. The van der Waals surface area contributed by atoms with E-state index in [1.165, 1.54) is 0 Å². The zero-order valence-corrected chi connectivity index (χ0v) is 18.5. The summed E-state index contributed by atoms with van der Waals surface area (Å²) in [5, 5.41) is 0.669. The van der Waals surface area contributed by atoms with Gasteiger partial charge >= 0.3 is 0 Å². The standard InChI is InChI=1S/C23H26ClNO4S/c1-30-12-11-20-25(19(15-28-20)14-27-13-16-5-3-2-4-6-16)23(26)22-21(29-22)17-7-9-18(24)10-8-17/h2-10,19-22H,11-15H2,1H3/t19-,20-,21-,22+/m0/s1. The van der Waals surface area contributed by atoms with Crippen molar-refractivity contribution in [3.05, 3.63) is 70.7 Å². The molecule has 7 heteroatoms. The van der Waals surface area contributed by atoms with Crippen LogP contribution < -0.4 is 0 Å². The number of halogens is 1. The Morgan fingerprint density at radius 3 is 2.70 bits per heavy atom. The molecule has 0 aliphatic carbocycles. The highest BCUT2D eigenvalue weighted by Crippen LogP contribution is 2.41. The molecule has 0 radical (unpaired) electrons. The van der Waals surface area contributed by atoms with E-state index in [-0.39, 0.29) is 24.3 Å². The maximum Gasteiger partial charge on any atom is 0.257 e. The lowest BCUT2D eigenvalue weighted by Crippen LogP contribution is -2.46. The number of thioether (sulfide) groups is 1. The third kappa shape index (κ3) is 5.18. The fourth-order valence-electron chi connectivity index (χ4n) is 3.75. The predicted molar refractivity (Wildman–Crippen MR) is 119 cm³/mol. The van der Waals surface area contributed by atoms with Gasteiger partial charge in [-0.25, -0.2) is 0 Å². The first kappa shape index (κ1) is 21.7. The smallest absolute Gasteiger partial charge is 0.257 e. The molecule has 0 spiro atoms. The number of epoxide rings is 1. The van der Waals surface area contributed by atoms with Gasteiger partial charge in [0.05, 0.1) is 25.9 Å². The van der Waals surface area contributed by atoms with E-state index in [9.17, 15) is 4.79 Å². The van der Waals surface area contributed by atoms with E-state index in [2.05, 4.69) is 6.26 Å². The van der Waals surface area contributed by atoms with Crippen molar-refractivity contribution in [3.63, 3.8) is 0 Å². The number of benzene rings is 2. The second-order valence-electron chi connectivity index (χ2n) is 7.50. The van der Waals surface area contributed by atoms with Gasteiger partial charge < -0.3 is 19.1 Å². The van der Waals surface area contributed by atoms with E-state index < -0.39 is 6.10 Å². The highest BCUT2D eigenvalue weighted by molar-refractivity contribution is 7.98. The maximum atomic E-state index is 13.3. The molecular formula is C23H26ClNO4S. The number of rotatable bonds is 9. The van der Waals surface area contributed by atoms with Gasteiger partial charge in [-0.05, 0) is 35.3 Å². The Morgan fingerprint density at radius 1 is 1.20 bits per heavy atom. The second kappa shape index (κ2) is 10.2. The van der Waals surface area contributed by atoms with Crippen molar-refractivity contribution >= 4 is 29.3 Å². The van der Waals surface area contributed by atoms with Crippen molar-refractivity contribution in [3.8, 4) is 0 Å². The molecule has 30 heavy (non-hydrogen) atoms. The summed E-state index contributed by atoms with van der Waals surface area (Å²) in [5.41, 5.74) is 2.08. The summed E-state index contributed by atoms with van der Waals surface area (Å²) in [5.74, 6) is 0.907. The molecule has 2 aromatic carbocycles. The molecule has 2 saturated heterocycles. The van der Waals surface area contributed by atoms with Crippen LogP contribution in [0.4, 0.5) is 0 Å². The molecule has 4 rings (SSSR count). The predicted octanol–water partition coefficient (Wildman–Crippen LogP) is 4.30. The molecule has 2 fully saturated rings. The van der Waals surface area contributed by atoms with E-state index in [0.29, 0.717) is 24.8 Å². The summed E-state index contributed by atoms with van der Waals surface area (Å²) in [6.45, 7) is 1.44. The molecule has 0 bridgehead atoms. The molecule has 160 valence electrons. The Kier molecular flexibility index (Phi) is 7.33. The van der Waals surface area contributed by atoms with Gasteiger partial charge in [0.2, 0.25) is 0 Å². The number of carbonyl (C=O) groups is 1. The van der Waals surface area contributed by atoms with Crippen LogP contribution in [0.15, 0.2) is 54.6 Å². The van der Waals surface area contributed by atoms with Crippen LogP contribution >= 0.6 is 23.4 Å². The lowest BCUT2D eigenvalue weighted by atomic mass is 10.1. The maximum absolute atomic E-state index is 13.3. The van der Waals surface area contributed by atoms with Crippen LogP contribution in [-0.2, 0) is 25.6 Å². The van der Waals surface area contributed by atoms with E-state index in [4.69, 9.17) is 25.8 Å². The monoisotopic (exact) mass is 447 g/mol. The number of nitrogens with zero attached hydrogens (tertiary/aromatic N) is 1. The Morgan fingerprint density at radius 2 is 1.97 bits per heavy atom. The molecule has 2 aliphatic rings. The van der Waals surface area contributed by atoms with Gasteiger partial charge in [-0.1, -0.05) is 54.1 Å². The van der Waals surface area contributed by atoms with Crippen molar-refractivity contribution in [1.82, 2.24) is 4.90 Å². The lowest BCUT2D eigenvalue weighted by Gasteiger charge is -2.27. The Hall–Kier alpha value is -1.57. The highest BCUT2D eigenvalue weighted by Gasteiger charge is 2.51. The number of hydrogen-bond donors (Lipinski definition) is 0. The Labute approximate surface area is 186 Å². The average molecular weight is 448 g/mol. The fraction of sp³-hybridized carbons (Fsp3) is 0.435. The highest BCUT2D eigenvalue weighted by atomic mass is 35.5. The number of amides is 1. The Balaban J connectivity index is 1.39. The molecule has 4 atom stereocenters. The molecule has 2 heterocycles.